The van der Waals surface area contributed by atoms with Gasteiger partial charge in [-0.1, -0.05) is 0 Å². The molecule has 3 heterocycles. The zero-order valence-electron chi connectivity index (χ0n) is 16.1. The van der Waals surface area contributed by atoms with E-state index in [0.717, 1.165) is 62.8 Å². The van der Waals surface area contributed by atoms with Crippen LogP contribution in [0.15, 0.2) is 0 Å². The molecule has 0 radical (unpaired) electrons. The zero-order valence-corrected chi connectivity index (χ0v) is 16.1. The van der Waals surface area contributed by atoms with Crippen molar-refractivity contribution in [3.63, 3.8) is 0 Å². The summed E-state index contributed by atoms with van der Waals surface area (Å²) in [4.78, 5) is 28.4. The number of ether oxygens (including phenoxy) is 1. The Balaban J connectivity index is 1.71. The minimum atomic E-state index is -0.0794. The molecule has 0 aromatic carbocycles. The third-order valence-electron chi connectivity index (χ3n) is 5.35. The third kappa shape index (κ3) is 4.13. The highest BCUT2D eigenvalue weighted by Crippen LogP contribution is 2.24. The van der Waals surface area contributed by atoms with Gasteiger partial charge in [0.05, 0.1) is 6.61 Å². The molecule has 0 saturated carbocycles. The van der Waals surface area contributed by atoms with Crippen LogP contribution >= 0.6 is 0 Å². The molecule has 0 unspecified atom stereocenters. The Morgan fingerprint density at radius 3 is 2.54 bits per heavy atom. The predicted octanol–water partition coefficient (Wildman–Crippen LogP) is 0.0350. The Hall–Kier alpha value is -1.77. The average Bonchev–Trinajstić information content (AvgIpc) is 3.08. The Bertz CT molecular complexity index is 645. The second-order valence-electron chi connectivity index (χ2n) is 7.20. The summed E-state index contributed by atoms with van der Waals surface area (Å²) in [6.45, 7) is 10.3. The molecule has 2 aliphatic heterocycles. The van der Waals surface area contributed by atoms with Crippen molar-refractivity contribution in [3.05, 3.63) is 17.1 Å². The van der Waals surface area contributed by atoms with Crippen LogP contribution in [0.4, 0.5) is 5.82 Å². The molecule has 2 fully saturated rings. The van der Waals surface area contributed by atoms with Crippen molar-refractivity contribution in [1.29, 1.82) is 0 Å². The SMILES string of the molecule is COCCN1CCN(C(=O)c2nc(C)c(C)c(N3CC[C@@H](N)C3)n2)CC1. The molecular formula is C18H30N6O2. The van der Waals surface area contributed by atoms with Crippen molar-refractivity contribution in [2.45, 2.75) is 26.3 Å². The number of rotatable bonds is 5. The van der Waals surface area contributed by atoms with Crippen LogP contribution in [-0.4, -0.2) is 91.2 Å². The highest BCUT2D eigenvalue weighted by atomic mass is 16.5. The maximum Gasteiger partial charge on any atom is 0.291 e. The summed E-state index contributed by atoms with van der Waals surface area (Å²) in [7, 11) is 1.71. The molecule has 26 heavy (non-hydrogen) atoms. The lowest BCUT2D eigenvalue weighted by molar-refractivity contribution is 0.0583. The zero-order chi connectivity index (χ0) is 18.7. The second kappa shape index (κ2) is 8.28. The second-order valence-corrected chi connectivity index (χ2v) is 7.20. The van der Waals surface area contributed by atoms with Gasteiger partial charge >= 0.3 is 0 Å². The summed E-state index contributed by atoms with van der Waals surface area (Å²) in [5.41, 5.74) is 7.93. The molecule has 144 valence electrons. The van der Waals surface area contributed by atoms with Gasteiger partial charge in [-0.3, -0.25) is 9.69 Å². The number of anilines is 1. The van der Waals surface area contributed by atoms with Crippen LogP contribution in [0, 0.1) is 13.8 Å². The van der Waals surface area contributed by atoms with Crippen molar-refractivity contribution in [2.75, 3.05) is 64.4 Å². The van der Waals surface area contributed by atoms with Crippen LogP contribution in [0.5, 0.6) is 0 Å². The summed E-state index contributed by atoms with van der Waals surface area (Å²) in [5.74, 6) is 1.07. The smallest absolute Gasteiger partial charge is 0.291 e. The van der Waals surface area contributed by atoms with E-state index in [9.17, 15) is 4.79 Å². The fraction of sp³-hybridized carbons (Fsp3) is 0.722. The Labute approximate surface area is 155 Å². The van der Waals surface area contributed by atoms with Crippen molar-refractivity contribution in [2.24, 2.45) is 5.73 Å². The van der Waals surface area contributed by atoms with E-state index in [-0.39, 0.29) is 11.9 Å². The molecule has 0 bridgehead atoms. The summed E-state index contributed by atoms with van der Waals surface area (Å²) in [5, 5.41) is 0. The molecule has 8 heteroatoms. The number of carbonyl (C=O) groups is 1. The number of hydrogen-bond donors (Lipinski definition) is 1. The number of aryl methyl sites for hydroxylation is 1. The number of piperazine rings is 1. The first kappa shape index (κ1) is 19.0. The molecule has 3 rings (SSSR count). The summed E-state index contributed by atoms with van der Waals surface area (Å²) in [6, 6.07) is 0.170. The fourth-order valence-electron chi connectivity index (χ4n) is 3.53. The van der Waals surface area contributed by atoms with Gasteiger partial charge in [-0.05, 0) is 20.3 Å². The Kier molecular flexibility index (Phi) is 6.05. The van der Waals surface area contributed by atoms with Crippen LogP contribution in [0.2, 0.25) is 0 Å². The van der Waals surface area contributed by atoms with Crippen LogP contribution in [0.3, 0.4) is 0 Å². The first-order chi connectivity index (χ1) is 12.5. The molecule has 0 aliphatic carbocycles. The van der Waals surface area contributed by atoms with E-state index in [1.54, 1.807) is 7.11 Å². The Morgan fingerprint density at radius 1 is 1.19 bits per heavy atom. The molecule has 1 atom stereocenters. The van der Waals surface area contributed by atoms with E-state index in [1.165, 1.54) is 0 Å². The van der Waals surface area contributed by atoms with Gasteiger partial charge < -0.3 is 20.3 Å². The molecule has 1 aromatic rings. The third-order valence-corrected chi connectivity index (χ3v) is 5.35. The molecule has 1 aromatic heterocycles. The monoisotopic (exact) mass is 362 g/mol. The van der Waals surface area contributed by atoms with Crippen molar-refractivity contribution in [3.8, 4) is 0 Å². The maximum absolute atomic E-state index is 12.9. The maximum atomic E-state index is 12.9. The minimum Gasteiger partial charge on any atom is -0.383 e. The predicted molar refractivity (Wildman–Crippen MR) is 101 cm³/mol. The largest absolute Gasteiger partial charge is 0.383 e. The number of carbonyl (C=O) groups excluding carboxylic acids is 1. The average molecular weight is 362 g/mol. The van der Waals surface area contributed by atoms with E-state index in [0.29, 0.717) is 18.9 Å². The summed E-state index contributed by atoms with van der Waals surface area (Å²) in [6.07, 6.45) is 0.954. The van der Waals surface area contributed by atoms with Crippen molar-refractivity contribution < 1.29 is 9.53 Å². The van der Waals surface area contributed by atoms with Gasteiger partial charge in [-0.25, -0.2) is 9.97 Å². The number of nitrogens with two attached hydrogens (primary N) is 1. The lowest BCUT2D eigenvalue weighted by Gasteiger charge is -2.34. The van der Waals surface area contributed by atoms with Gasteiger partial charge in [-0.15, -0.1) is 0 Å². The number of aromatic nitrogens is 2. The first-order valence-electron chi connectivity index (χ1n) is 9.36. The molecule has 8 nitrogen and oxygen atoms in total. The van der Waals surface area contributed by atoms with Crippen molar-refractivity contribution in [1.82, 2.24) is 19.8 Å². The van der Waals surface area contributed by atoms with E-state index in [2.05, 4.69) is 19.8 Å². The van der Waals surface area contributed by atoms with Crippen LogP contribution in [0.25, 0.3) is 0 Å². The van der Waals surface area contributed by atoms with E-state index >= 15 is 0 Å². The lowest BCUT2D eigenvalue weighted by atomic mass is 10.2. The number of amides is 1. The van der Waals surface area contributed by atoms with E-state index < -0.39 is 0 Å². The van der Waals surface area contributed by atoms with Gasteiger partial charge in [0.2, 0.25) is 5.82 Å². The number of nitrogens with zero attached hydrogens (tertiary/aromatic N) is 5. The molecule has 2 saturated heterocycles. The number of hydrogen-bond acceptors (Lipinski definition) is 7. The molecule has 2 aliphatic rings. The number of methoxy groups -OCH3 is 1. The van der Waals surface area contributed by atoms with Crippen LogP contribution in [-0.2, 0) is 4.74 Å². The molecule has 0 spiro atoms. The quantitative estimate of drug-likeness (QED) is 0.791. The van der Waals surface area contributed by atoms with Crippen LogP contribution < -0.4 is 10.6 Å². The van der Waals surface area contributed by atoms with E-state index in [4.69, 9.17) is 10.5 Å². The van der Waals surface area contributed by atoms with Crippen LogP contribution in [0.1, 0.15) is 28.3 Å². The molecular weight excluding hydrogens is 332 g/mol. The fourth-order valence-corrected chi connectivity index (χ4v) is 3.53. The molecule has 1 amide bonds. The normalized spacial score (nSPS) is 21.5. The van der Waals surface area contributed by atoms with Gasteiger partial charge in [0.25, 0.3) is 5.91 Å². The summed E-state index contributed by atoms with van der Waals surface area (Å²) < 4.78 is 5.13. The van der Waals surface area contributed by atoms with Gasteiger partial charge in [0, 0.05) is 70.2 Å². The first-order valence-corrected chi connectivity index (χ1v) is 9.36. The highest BCUT2D eigenvalue weighted by molar-refractivity contribution is 5.91. The minimum absolute atomic E-state index is 0.0794. The van der Waals surface area contributed by atoms with Crippen molar-refractivity contribution >= 4 is 11.7 Å². The lowest BCUT2D eigenvalue weighted by Crippen LogP contribution is -2.49. The molecule has 2 N–H and O–H groups in total. The standard InChI is InChI=1S/C18H30N6O2/c1-13-14(2)20-16(21-17(13)24-5-4-15(19)12-24)18(25)23-8-6-22(7-9-23)10-11-26-3/h15H,4-12,19H2,1-3H3/t15-/m1/s1. The Morgan fingerprint density at radius 2 is 1.92 bits per heavy atom. The topological polar surface area (TPSA) is 87.8 Å². The van der Waals surface area contributed by atoms with E-state index in [1.807, 2.05) is 18.7 Å². The van der Waals surface area contributed by atoms with Gasteiger partial charge in [0.15, 0.2) is 0 Å². The van der Waals surface area contributed by atoms with Gasteiger partial charge in [-0.2, -0.15) is 0 Å². The highest BCUT2D eigenvalue weighted by Gasteiger charge is 2.27. The summed E-state index contributed by atoms with van der Waals surface area (Å²) >= 11 is 0. The van der Waals surface area contributed by atoms with Gasteiger partial charge in [0.1, 0.15) is 5.82 Å².